The Bertz CT molecular complexity index is 505. The van der Waals surface area contributed by atoms with Gasteiger partial charge in [-0.1, -0.05) is 36.9 Å². The largest absolute Gasteiger partial charge is 0.293 e. The number of nitriles is 2. The molecular weight excluding hydrogens is 210 g/mol. The highest BCUT2D eigenvalue weighted by atomic mass is 15.2. The van der Waals surface area contributed by atoms with Crippen LogP contribution < -0.4 is 0 Å². The van der Waals surface area contributed by atoms with E-state index in [-0.39, 0.29) is 6.04 Å². The zero-order valence-electron chi connectivity index (χ0n) is 9.72. The van der Waals surface area contributed by atoms with Crippen molar-refractivity contribution >= 4 is 0 Å². The van der Waals surface area contributed by atoms with Gasteiger partial charge in [-0.2, -0.15) is 10.5 Å². The fourth-order valence-electron chi connectivity index (χ4n) is 2.49. The summed E-state index contributed by atoms with van der Waals surface area (Å²) in [6.07, 6.45) is 0. The molecule has 1 aliphatic heterocycles. The van der Waals surface area contributed by atoms with Gasteiger partial charge in [0.25, 0.3) is 0 Å². The lowest BCUT2D eigenvalue weighted by Crippen LogP contribution is -2.28. The van der Waals surface area contributed by atoms with Gasteiger partial charge in [0.1, 0.15) is 0 Å². The van der Waals surface area contributed by atoms with Crippen LogP contribution in [0.5, 0.6) is 0 Å². The number of likely N-dealkylation sites (N-methyl/N-ethyl adjacent to an activating group) is 1. The summed E-state index contributed by atoms with van der Waals surface area (Å²) < 4.78 is 0. The van der Waals surface area contributed by atoms with Gasteiger partial charge in [-0.3, -0.25) is 4.90 Å². The number of benzene rings is 1. The molecule has 0 aromatic heterocycles. The first-order valence-corrected chi connectivity index (χ1v) is 5.41. The minimum atomic E-state index is -1.13. The minimum absolute atomic E-state index is 0.230. The van der Waals surface area contributed by atoms with Crippen molar-refractivity contribution in [2.45, 2.75) is 6.04 Å². The first-order valence-electron chi connectivity index (χ1n) is 5.41. The summed E-state index contributed by atoms with van der Waals surface area (Å²) in [6, 6.07) is 13.7. The summed E-state index contributed by atoms with van der Waals surface area (Å²) in [5, 5.41) is 18.8. The molecule has 0 N–H and O–H groups in total. The topological polar surface area (TPSA) is 50.8 Å². The van der Waals surface area contributed by atoms with E-state index in [4.69, 9.17) is 0 Å². The van der Waals surface area contributed by atoms with E-state index in [2.05, 4.69) is 18.7 Å². The number of hydrogen-bond donors (Lipinski definition) is 0. The summed E-state index contributed by atoms with van der Waals surface area (Å²) in [4.78, 5) is 2.00. The van der Waals surface area contributed by atoms with Crippen molar-refractivity contribution < 1.29 is 0 Å². The second-order valence-corrected chi connectivity index (χ2v) is 4.36. The maximum atomic E-state index is 9.38. The Hall–Kier alpha value is -2.10. The summed E-state index contributed by atoms with van der Waals surface area (Å²) in [5.41, 5.74) is 0.534. The summed E-state index contributed by atoms with van der Waals surface area (Å²) in [5.74, 6) is 0. The quantitative estimate of drug-likeness (QED) is 0.686. The Balaban J connectivity index is 2.56. The highest BCUT2D eigenvalue weighted by Crippen LogP contribution is 2.48. The molecule has 1 atom stereocenters. The van der Waals surface area contributed by atoms with Crippen LogP contribution in [0.1, 0.15) is 11.6 Å². The minimum Gasteiger partial charge on any atom is -0.293 e. The van der Waals surface area contributed by atoms with Crippen LogP contribution in [0.2, 0.25) is 0 Å². The van der Waals surface area contributed by atoms with Crippen LogP contribution in [0.15, 0.2) is 42.5 Å². The summed E-state index contributed by atoms with van der Waals surface area (Å²) >= 11 is 0. The zero-order valence-corrected chi connectivity index (χ0v) is 9.72. The lowest BCUT2D eigenvalue weighted by atomic mass is 9.77. The molecule has 1 aromatic carbocycles. The Morgan fingerprint density at radius 1 is 1.29 bits per heavy atom. The number of nitrogens with zero attached hydrogens (tertiary/aromatic N) is 3. The van der Waals surface area contributed by atoms with Gasteiger partial charge in [0.15, 0.2) is 5.41 Å². The van der Waals surface area contributed by atoms with E-state index in [0.717, 1.165) is 5.56 Å². The van der Waals surface area contributed by atoms with E-state index in [1.165, 1.54) is 0 Å². The highest BCUT2D eigenvalue weighted by molar-refractivity contribution is 5.43. The van der Waals surface area contributed by atoms with Gasteiger partial charge in [-0.15, -0.1) is 0 Å². The Morgan fingerprint density at radius 3 is 2.41 bits per heavy atom. The molecule has 0 spiro atoms. The fourth-order valence-corrected chi connectivity index (χ4v) is 2.49. The molecule has 1 heterocycles. The molecule has 3 heteroatoms. The molecule has 3 nitrogen and oxygen atoms in total. The molecule has 0 aliphatic carbocycles. The van der Waals surface area contributed by atoms with Gasteiger partial charge in [0, 0.05) is 6.54 Å². The molecule has 0 radical (unpaired) electrons. The monoisotopic (exact) mass is 223 g/mol. The van der Waals surface area contributed by atoms with Crippen LogP contribution in [0.4, 0.5) is 0 Å². The molecule has 1 fully saturated rings. The lowest BCUT2D eigenvalue weighted by molar-refractivity contribution is 0.271. The zero-order chi connectivity index (χ0) is 12.5. The van der Waals surface area contributed by atoms with Crippen LogP contribution in [0.25, 0.3) is 0 Å². The number of hydrogen-bond acceptors (Lipinski definition) is 3. The fraction of sp³-hybridized carbons (Fsp3) is 0.286. The normalized spacial score (nSPS) is 23.0. The van der Waals surface area contributed by atoms with Crippen molar-refractivity contribution in [3.05, 3.63) is 48.0 Å². The van der Waals surface area contributed by atoms with Crippen molar-refractivity contribution in [1.29, 1.82) is 10.5 Å². The van der Waals surface area contributed by atoms with E-state index in [9.17, 15) is 10.5 Å². The number of rotatable bonds is 1. The molecule has 1 aliphatic rings. The second kappa shape index (κ2) is 4.05. The van der Waals surface area contributed by atoms with Crippen LogP contribution in [0, 0.1) is 28.1 Å². The van der Waals surface area contributed by atoms with Gasteiger partial charge in [-0.25, -0.2) is 0 Å². The number of likely N-dealkylation sites (tertiary alicyclic amines) is 1. The summed E-state index contributed by atoms with van der Waals surface area (Å²) in [6.45, 7) is 4.47. The molecule has 1 aromatic rings. The Kier molecular flexibility index (Phi) is 2.71. The molecule has 1 saturated heterocycles. The predicted octanol–water partition coefficient (Wildman–Crippen LogP) is 2.26. The van der Waals surface area contributed by atoms with Gasteiger partial charge in [0.05, 0.1) is 18.2 Å². The van der Waals surface area contributed by atoms with Gasteiger partial charge < -0.3 is 0 Å². The smallest absolute Gasteiger partial charge is 0.185 e. The van der Waals surface area contributed by atoms with Gasteiger partial charge in [0.2, 0.25) is 0 Å². The lowest BCUT2D eigenvalue weighted by Gasteiger charge is -2.26. The third-order valence-electron chi connectivity index (χ3n) is 3.32. The van der Waals surface area contributed by atoms with Crippen molar-refractivity contribution in [3.8, 4) is 12.1 Å². The molecule has 2 rings (SSSR count). The van der Waals surface area contributed by atoms with Crippen molar-refractivity contribution in [2.75, 3.05) is 13.6 Å². The van der Waals surface area contributed by atoms with Crippen LogP contribution in [-0.4, -0.2) is 18.5 Å². The molecule has 1 unspecified atom stereocenters. The van der Waals surface area contributed by atoms with Crippen molar-refractivity contribution in [1.82, 2.24) is 4.90 Å². The average Bonchev–Trinajstić information content (AvgIpc) is 2.61. The highest BCUT2D eigenvalue weighted by Gasteiger charge is 2.50. The third-order valence-corrected chi connectivity index (χ3v) is 3.32. The van der Waals surface area contributed by atoms with E-state index in [1.807, 2.05) is 42.3 Å². The van der Waals surface area contributed by atoms with Crippen LogP contribution >= 0.6 is 0 Å². The Labute approximate surface area is 101 Å². The molecule has 17 heavy (non-hydrogen) atoms. The molecule has 84 valence electrons. The van der Waals surface area contributed by atoms with Crippen LogP contribution in [0.3, 0.4) is 0 Å². The second-order valence-electron chi connectivity index (χ2n) is 4.36. The first kappa shape index (κ1) is 11.4. The molecule has 0 amide bonds. The van der Waals surface area contributed by atoms with E-state index >= 15 is 0 Å². The SMILES string of the molecule is C=C1CN(C)C(c2ccccc2)C1(C#N)C#N. The Morgan fingerprint density at radius 2 is 1.88 bits per heavy atom. The van der Waals surface area contributed by atoms with Crippen molar-refractivity contribution in [3.63, 3.8) is 0 Å². The van der Waals surface area contributed by atoms with Gasteiger partial charge >= 0.3 is 0 Å². The maximum Gasteiger partial charge on any atom is 0.185 e. The van der Waals surface area contributed by atoms with Gasteiger partial charge in [-0.05, 0) is 18.2 Å². The predicted molar refractivity (Wildman–Crippen MR) is 64.6 cm³/mol. The third kappa shape index (κ3) is 1.53. The average molecular weight is 223 g/mol. The van der Waals surface area contributed by atoms with Crippen LogP contribution in [-0.2, 0) is 0 Å². The molecule has 0 bridgehead atoms. The van der Waals surface area contributed by atoms with E-state index in [0.29, 0.717) is 12.1 Å². The van der Waals surface area contributed by atoms with E-state index in [1.54, 1.807) is 0 Å². The first-order chi connectivity index (χ1) is 8.15. The van der Waals surface area contributed by atoms with Crippen molar-refractivity contribution in [2.24, 2.45) is 5.41 Å². The molecule has 0 saturated carbocycles. The summed E-state index contributed by atoms with van der Waals surface area (Å²) in [7, 11) is 1.92. The maximum absolute atomic E-state index is 9.38. The van der Waals surface area contributed by atoms with E-state index < -0.39 is 5.41 Å². The molecular formula is C14H13N3. The standard InChI is InChI=1S/C14H13N3/c1-11-8-17(2)13(14(11,9-15)10-16)12-6-4-3-5-7-12/h3-7,13H,1,8H2,2H3.